The van der Waals surface area contributed by atoms with Gasteiger partial charge in [0.05, 0.1) is 11.8 Å². The molecule has 2 aromatic rings. The van der Waals surface area contributed by atoms with E-state index in [1.54, 1.807) is 0 Å². The van der Waals surface area contributed by atoms with Crippen molar-refractivity contribution in [2.75, 3.05) is 0 Å². The Morgan fingerprint density at radius 1 is 1.20 bits per heavy atom. The third-order valence-electron chi connectivity index (χ3n) is 7.85. The van der Waals surface area contributed by atoms with E-state index in [2.05, 4.69) is 29.7 Å². The monoisotopic (exact) mass is 332 g/mol. The fraction of sp³-hybridized carbons (Fsp3) is 0.545. The van der Waals surface area contributed by atoms with Crippen LogP contribution in [-0.2, 0) is 12.5 Å². The second-order valence-electron chi connectivity index (χ2n) is 8.57. The molecule has 3 nitrogen and oxygen atoms in total. The van der Waals surface area contributed by atoms with E-state index in [9.17, 15) is 10.1 Å². The van der Waals surface area contributed by atoms with Crippen LogP contribution in [0.15, 0.2) is 24.3 Å². The third-order valence-corrected chi connectivity index (χ3v) is 7.85. The van der Waals surface area contributed by atoms with Crippen LogP contribution in [0.25, 0.3) is 10.9 Å². The zero-order chi connectivity index (χ0) is 17.4. The second kappa shape index (κ2) is 4.75. The summed E-state index contributed by atoms with van der Waals surface area (Å²) in [5.41, 5.74) is 2.19. The fourth-order valence-corrected chi connectivity index (χ4v) is 6.67. The van der Waals surface area contributed by atoms with Crippen molar-refractivity contribution in [2.45, 2.75) is 50.9 Å². The molecule has 1 aromatic carbocycles. The van der Waals surface area contributed by atoms with Gasteiger partial charge in [0.15, 0.2) is 5.78 Å². The van der Waals surface area contributed by atoms with Crippen molar-refractivity contribution in [2.24, 2.45) is 24.3 Å². The summed E-state index contributed by atoms with van der Waals surface area (Å²) in [7, 11) is 2.05. The fourth-order valence-electron chi connectivity index (χ4n) is 6.67. The molecule has 0 radical (unpaired) electrons. The molecule has 3 aliphatic carbocycles. The summed E-state index contributed by atoms with van der Waals surface area (Å²) < 4.78 is 2.16. The number of Topliss-reactive ketones (excluding diaryl/α,β-unsaturated/α-hetero) is 1. The molecule has 1 aromatic heterocycles. The maximum Gasteiger partial charge on any atom is 0.170 e. The van der Waals surface area contributed by atoms with Crippen molar-refractivity contribution in [1.82, 2.24) is 4.57 Å². The molecule has 5 rings (SSSR count). The van der Waals surface area contributed by atoms with E-state index >= 15 is 0 Å². The van der Waals surface area contributed by atoms with Gasteiger partial charge in [-0.25, -0.2) is 0 Å². The van der Waals surface area contributed by atoms with Crippen LogP contribution in [0.1, 0.15) is 61.5 Å². The van der Waals surface area contributed by atoms with E-state index in [-0.39, 0.29) is 17.1 Å². The number of carbonyl (C=O) groups is 1. The van der Waals surface area contributed by atoms with Gasteiger partial charge in [-0.1, -0.05) is 38.0 Å². The number of aromatic nitrogens is 1. The van der Waals surface area contributed by atoms with Crippen LogP contribution in [0.2, 0.25) is 0 Å². The summed E-state index contributed by atoms with van der Waals surface area (Å²) in [5.74, 6) is 0.630. The minimum atomic E-state index is -0.656. The molecule has 3 aliphatic rings. The molecule has 1 heterocycles. The quantitative estimate of drug-likeness (QED) is 0.699. The lowest BCUT2D eigenvalue weighted by Gasteiger charge is -2.56. The van der Waals surface area contributed by atoms with E-state index < -0.39 is 5.41 Å². The number of benzene rings is 1. The lowest BCUT2D eigenvalue weighted by Crippen LogP contribution is -2.56. The summed E-state index contributed by atoms with van der Waals surface area (Å²) in [5, 5.41) is 11.6. The molecule has 4 atom stereocenters. The SMILES string of the molecule is Cn1c2c(c3ccccc31)C(=O)[C@H]1CC[C@H]3CCCC[C@]3(C)[C@@]21C#N. The smallest absolute Gasteiger partial charge is 0.170 e. The van der Waals surface area contributed by atoms with Crippen LogP contribution in [-0.4, -0.2) is 10.4 Å². The number of nitrogens with zero attached hydrogens (tertiary/aromatic N) is 2. The predicted molar refractivity (Wildman–Crippen MR) is 97.3 cm³/mol. The van der Waals surface area contributed by atoms with E-state index in [0.717, 1.165) is 41.4 Å². The first kappa shape index (κ1) is 15.2. The first-order chi connectivity index (χ1) is 12.1. The van der Waals surface area contributed by atoms with Crippen molar-refractivity contribution in [1.29, 1.82) is 5.26 Å². The molecule has 0 unspecified atom stereocenters. The third kappa shape index (κ3) is 1.51. The summed E-state index contributed by atoms with van der Waals surface area (Å²) in [6, 6.07) is 10.9. The normalized spacial score (nSPS) is 36.6. The van der Waals surface area contributed by atoms with Gasteiger partial charge in [0.25, 0.3) is 0 Å². The molecule has 2 saturated carbocycles. The van der Waals surface area contributed by atoms with Gasteiger partial charge in [0.2, 0.25) is 0 Å². The maximum absolute atomic E-state index is 13.5. The second-order valence-corrected chi connectivity index (χ2v) is 8.57. The van der Waals surface area contributed by atoms with Crippen LogP contribution >= 0.6 is 0 Å². The Hall–Kier alpha value is -2.08. The minimum absolute atomic E-state index is 0.0913. The Morgan fingerprint density at radius 3 is 2.80 bits per heavy atom. The molecule has 0 N–H and O–H groups in total. The lowest BCUT2D eigenvalue weighted by molar-refractivity contribution is -0.0226. The van der Waals surface area contributed by atoms with Crippen LogP contribution < -0.4 is 0 Å². The highest BCUT2D eigenvalue weighted by molar-refractivity contribution is 6.15. The number of para-hydroxylation sites is 1. The van der Waals surface area contributed by atoms with Gasteiger partial charge in [0, 0.05) is 29.4 Å². The molecule has 2 fully saturated rings. The Kier molecular flexibility index (Phi) is 2.89. The number of rotatable bonds is 0. The van der Waals surface area contributed by atoms with Crippen molar-refractivity contribution in [3.05, 3.63) is 35.5 Å². The number of fused-ring (bicyclic) bond motifs is 7. The highest BCUT2D eigenvalue weighted by Crippen LogP contribution is 2.66. The van der Waals surface area contributed by atoms with Crippen molar-refractivity contribution in [3.63, 3.8) is 0 Å². The minimum Gasteiger partial charge on any atom is -0.346 e. The predicted octanol–water partition coefficient (Wildman–Crippen LogP) is 4.74. The van der Waals surface area contributed by atoms with Gasteiger partial charge in [-0.2, -0.15) is 5.26 Å². The number of ketones is 1. The Balaban J connectivity index is 1.89. The molecule has 0 saturated heterocycles. The molecule has 0 spiro atoms. The Labute approximate surface area is 148 Å². The molecular weight excluding hydrogens is 308 g/mol. The van der Waals surface area contributed by atoms with Crippen LogP contribution in [0.3, 0.4) is 0 Å². The van der Waals surface area contributed by atoms with E-state index in [0.29, 0.717) is 5.92 Å². The highest BCUT2D eigenvalue weighted by Gasteiger charge is 2.68. The molecule has 3 heteroatoms. The lowest BCUT2D eigenvalue weighted by atomic mass is 9.45. The largest absolute Gasteiger partial charge is 0.346 e. The topological polar surface area (TPSA) is 45.8 Å². The zero-order valence-corrected chi connectivity index (χ0v) is 15.0. The number of hydrogen-bond acceptors (Lipinski definition) is 2. The van der Waals surface area contributed by atoms with Crippen molar-refractivity contribution in [3.8, 4) is 6.07 Å². The number of hydrogen-bond donors (Lipinski definition) is 0. The summed E-state index contributed by atoms with van der Waals surface area (Å²) >= 11 is 0. The Bertz CT molecular complexity index is 949. The van der Waals surface area contributed by atoms with Gasteiger partial charge in [-0.15, -0.1) is 0 Å². The molecular formula is C22H24N2O. The van der Waals surface area contributed by atoms with Crippen molar-refractivity contribution < 1.29 is 4.79 Å². The summed E-state index contributed by atoms with van der Waals surface area (Å²) in [6.07, 6.45) is 6.69. The number of aryl methyl sites for hydroxylation is 1. The first-order valence-electron chi connectivity index (χ1n) is 9.59. The van der Waals surface area contributed by atoms with Gasteiger partial charge in [0.1, 0.15) is 5.41 Å². The first-order valence-corrected chi connectivity index (χ1v) is 9.59. The van der Waals surface area contributed by atoms with Crippen LogP contribution in [0, 0.1) is 28.6 Å². The van der Waals surface area contributed by atoms with Crippen molar-refractivity contribution >= 4 is 16.7 Å². The van der Waals surface area contributed by atoms with Gasteiger partial charge in [-0.05, 0) is 43.1 Å². The summed E-state index contributed by atoms with van der Waals surface area (Å²) in [6.45, 7) is 2.31. The Morgan fingerprint density at radius 2 is 2.00 bits per heavy atom. The average molecular weight is 332 g/mol. The van der Waals surface area contributed by atoms with Gasteiger partial charge in [-0.3, -0.25) is 4.79 Å². The van der Waals surface area contributed by atoms with E-state index in [1.807, 2.05) is 19.2 Å². The molecule has 128 valence electrons. The van der Waals surface area contributed by atoms with Crippen LogP contribution in [0.4, 0.5) is 0 Å². The van der Waals surface area contributed by atoms with Crippen LogP contribution in [0.5, 0.6) is 0 Å². The highest BCUT2D eigenvalue weighted by atomic mass is 16.1. The molecule has 25 heavy (non-hydrogen) atoms. The maximum atomic E-state index is 13.5. The van der Waals surface area contributed by atoms with Gasteiger partial charge < -0.3 is 4.57 Å². The summed E-state index contributed by atoms with van der Waals surface area (Å²) in [4.78, 5) is 13.5. The number of carbonyl (C=O) groups excluding carboxylic acids is 1. The molecule has 0 bridgehead atoms. The zero-order valence-electron chi connectivity index (χ0n) is 15.0. The standard InChI is InChI=1S/C22H24N2O/c1-21-12-6-5-7-14(21)10-11-16-19(25)18-15-8-3-4-9-17(15)24(2)20(18)22(16,21)13-23/h3-4,8-9,14,16H,5-7,10-12H2,1-2H3/t14-,16-,21+,22-/m1/s1. The average Bonchev–Trinajstić information content (AvgIpc) is 3.07. The van der Waals surface area contributed by atoms with Gasteiger partial charge >= 0.3 is 0 Å². The van der Waals surface area contributed by atoms with E-state index in [1.165, 1.54) is 19.3 Å². The van der Waals surface area contributed by atoms with E-state index in [4.69, 9.17) is 0 Å². The molecule has 0 amide bonds. The number of nitriles is 1. The molecule has 0 aliphatic heterocycles.